The Labute approximate surface area is 114 Å². The summed E-state index contributed by atoms with van der Waals surface area (Å²) in [5.41, 5.74) is 2.81. The van der Waals surface area contributed by atoms with Crippen LogP contribution in [0.1, 0.15) is 43.4 Å². The highest BCUT2D eigenvalue weighted by molar-refractivity contribution is 6.17. The molecule has 1 saturated heterocycles. The van der Waals surface area contributed by atoms with Gasteiger partial charge in [-0.1, -0.05) is 6.07 Å². The number of hydrogen-bond donors (Lipinski definition) is 0. The summed E-state index contributed by atoms with van der Waals surface area (Å²) in [5.74, 6) is 1.98. The maximum atomic E-state index is 5.82. The molecule has 1 unspecified atom stereocenters. The van der Waals surface area contributed by atoms with E-state index in [-0.39, 0.29) is 0 Å². The van der Waals surface area contributed by atoms with Gasteiger partial charge in [0.25, 0.3) is 0 Å². The number of aromatic nitrogens is 1. The molecule has 1 atom stereocenters. The molecular weight excluding hydrogens is 244 g/mol. The molecule has 1 aliphatic carbocycles. The van der Waals surface area contributed by atoms with Crippen LogP contribution in [0.15, 0.2) is 12.1 Å². The van der Waals surface area contributed by atoms with Crippen LogP contribution in [0.5, 0.6) is 0 Å². The Kier molecular flexibility index (Phi) is 3.74. The van der Waals surface area contributed by atoms with Gasteiger partial charge in [-0.15, -0.1) is 11.6 Å². The maximum absolute atomic E-state index is 5.82. The Morgan fingerprint density at radius 2 is 2.22 bits per heavy atom. The van der Waals surface area contributed by atoms with Crippen molar-refractivity contribution in [2.45, 2.75) is 51.0 Å². The molecule has 0 saturated carbocycles. The monoisotopic (exact) mass is 264 g/mol. The van der Waals surface area contributed by atoms with Crippen molar-refractivity contribution in [3.8, 4) is 0 Å². The third kappa shape index (κ3) is 2.35. The van der Waals surface area contributed by atoms with Crippen LogP contribution in [0.3, 0.4) is 0 Å². The summed E-state index contributed by atoms with van der Waals surface area (Å²) in [6, 6.07) is 5.18. The van der Waals surface area contributed by atoms with Crippen molar-refractivity contribution in [2.24, 2.45) is 0 Å². The quantitative estimate of drug-likeness (QED) is 0.773. The molecule has 0 bridgehead atoms. The van der Waals surface area contributed by atoms with Crippen LogP contribution in [0.4, 0.5) is 5.82 Å². The lowest BCUT2D eigenvalue weighted by Crippen LogP contribution is -2.30. The normalized spacial score (nSPS) is 22.5. The summed E-state index contributed by atoms with van der Waals surface area (Å²) < 4.78 is 0. The van der Waals surface area contributed by atoms with Gasteiger partial charge in [0.05, 0.1) is 0 Å². The third-order valence-corrected chi connectivity index (χ3v) is 4.52. The zero-order valence-electron chi connectivity index (χ0n) is 10.9. The van der Waals surface area contributed by atoms with Crippen molar-refractivity contribution in [1.29, 1.82) is 0 Å². The van der Waals surface area contributed by atoms with Gasteiger partial charge in [-0.3, -0.25) is 0 Å². The fourth-order valence-corrected chi connectivity index (χ4v) is 3.47. The summed E-state index contributed by atoms with van der Waals surface area (Å²) >= 11 is 5.82. The van der Waals surface area contributed by atoms with Gasteiger partial charge >= 0.3 is 0 Å². The first-order valence-corrected chi connectivity index (χ1v) is 7.73. The van der Waals surface area contributed by atoms with E-state index in [1.807, 2.05) is 0 Å². The van der Waals surface area contributed by atoms with Gasteiger partial charge < -0.3 is 4.90 Å². The zero-order valence-corrected chi connectivity index (χ0v) is 11.6. The van der Waals surface area contributed by atoms with E-state index >= 15 is 0 Å². The van der Waals surface area contributed by atoms with Gasteiger partial charge in [0.2, 0.25) is 0 Å². The molecule has 2 heterocycles. The number of alkyl halides is 1. The predicted molar refractivity (Wildman–Crippen MR) is 76.6 cm³/mol. The van der Waals surface area contributed by atoms with Crippen LogP contribution >= 0.6 is 11.6 Å². The summed E-state index contributed by atoms with van der Waals surface area (Å²) in [6.07, 6.45) is 8.60. The first-order chi connectivity index (χ1) is 8.88. The van der Waals surface area contributed by atoms with Gasteiger partial charge in [-0.05, 0) is 56.6 Å². The van der Waals surface area contributed by atoms with E-state index < -0.39 is 0 Å². The summed E-state index contributed by atoms with van der Waals surface area (Å²) in [7, 11) is 0. The second-order valence-corrected chi connectivity index (χ2v) is 5.83. The molecule has 0 N–H and O–H groups in total. The largest absolute Gasteiger partial charge is 0.354 e. The summed E-state index contributed by atoms with van der Waals surface area (Å²) in [5, 5.41) is 0. The lowest BCUT2D eigenvalue weighted by molar-refractivity contribution is 0.598. The standard InChI is InChI=1S/C15H21ClN2/c16-10-2-5-13-6-3-11-18(13)15-9-8-12-4-1-7-14(12)17-15/h8-9,13H,1-7,10-11H2. The van der Waals surface area contributed by atoms with Crippen LogP contribution < -0.4 is 4.90 Å². The van der Waals surface area contributed by atoms with E-state index in [1.165, 1.54) is 62.1 Å². The molecule has 0 spiro atoms. The number of nitrogens with zero attached hydrogens (tertiary/aromatic N) is 2. The number of pyridine rings is 1. The van der Waals surface area contributed by atoms with Crippen molar-refractivity contribution in [3.63, 3.8) is 0 Å². The molecule has 0 radical (unpaired) electrons. The fraction of sp³-hybridized carbons (Fsp3) is 0.667. The lowest BCUT2D eigenvalue weighted by atomic mass is 10.1. The van der Waals surface area contributed by atoms with Crippen molar-refractivity contribution >= 4 is 17.4 Å². The average Bonchev–Trinajstić information content (AvgIpc) is 3.03. The lowest BCUT2D eigenvalue weighted by Gasteiger charge is -2.26. The van der Waals surface area contributed by atoms with E-state index in [4.69, 9.17) is 16.6 Å². The Bertz CT molecular complexity index is 419. The van der Waals surface area contributed by atoms with Gasteiger partial charge in [-0.25, -0.2) is 4.98 Å². The van der Waals surface area contributed by atoms with E-state index in [2.05, 4.69) is 17.0 Å². The maximum Gasteiger partial charge on any atom is 0.129 e. The number of halogens is 1. The highest BCUT2D eigenvalue weighted by atomic mass is 35.5. The second-order valence-electron chi connectivity index (χ2n) is 5.45. The highest BCUT2D eigenvalue weighted by Gasteiger charge is 2.26. The molecular formula is C15H21ClN2. The van der Waals surface area contributed by atoms with Crippen molar-refractivity contribution in [2.75, 3.05) is 17.3 Å². The minimum atomic E-state index is 0.663. The number of hydrogen-bond acceptors (Lipinski definition) is 2. The van der Waals surface area contributed by atoms with E-state index in [1.54, 1.807) is 0 Å². The van der Waals surface area contributed by atoms with E-state index in [0.717, 1.165) is 12.3 Å². The smallest absolute Gasteiger partial charge is 0.129 e. The second kappa shape index (κ2) is 5.48. The van der Waals surface area contributed by atoms with Crippen molar-refractivity contribution in [1.82, 2.24) is 4.98 Å². The Morgan fingerprint density at radius 1 is 1.28 bits per heavy atom. The minimum Gasteiger partial charge on any atom is -0.354 e. The molecule has 0 amide bonds. The number of anilines is 1. The molecule has 1 fully saturated rings. The number of fused-ring (bicyclic) bond motifs is 1. The Morgan fingerprint density at radius 3 is 3.11 bits per heavy atom. The highest BCUT2D eigenvalue weighted by Crippen LogP contribution is 2.29. The molecule has 98 valence electrons. The first kappa shape index (κ1) is 12.3. The van der Waals surface area contributed by atoms with Crippen molar-refractivity contribution in [3.05, 3.63) is 23.4 Å². The first-order valence-electron chi connectivity index (χ1n) is 7.20. The molecule has 2 nitrogen and oxygen atoms in total. The van der Waals surface area contributed by atoms with Crippen LogP contribution in [0, 0.1) is 0 Å². The predicted octanol–water partition coefficient (Wildman–Crippen LogP) is 3.56. The van der Waals surface area contributed by atoms with Gasteiger partial charge in [-0.2, -0.15) is 0 Å². The van der Waals surface area contributed by atoms with Crippen LogP contribution in [0.2, 0.25) is 0 Å². The molecule has 3 rings (SSSR count). The molecule has 2 aliphatic rings. The van der Waals surface area contributed by atoms with Crippen LogP contribution in [-0.4, -0.2) is 23.5 Å². The molecule has 1 aromatic heterocycles. The summed E-state index contributed by atoms with van der Waals surface area (Å²) in [6.45, 7) is 1.17. The van der Waals surface area contributed by atoms with E-state index in [9.17, 15) is 0 Å². The topological polar surface area (TPSA) is 16.1 Å². The van der Waals surface area contributed by atoms with Crippen LogP contribution in [0.25, 0.3) is 0 Å². The van der Waals surface area contributed by atoms with Gasteiger partial charge in [0.15, 0.2) is 0 Å². The number of aryl methyl sites for hydroxylation is 2. The molecule has 1 aliphatic heterocycles. The number of rotatable bonds is 4. The molecule has 18 heavy (non-hydrogen) atoms. The Balaban J connectivity index is 1.76. The summed E-state index contributed by atoms with van der Waals surface area (Å²) in [4.78, 5) is 7.39. The van der Waals surface area contributed by atoms with Crippen molar-refractivity contribution < 1.29 is 0 Å². The zero-order chi connectivity index (χ0) is 12.4. The Hall–Kier alpha value is -0.760. The fourth-order valence-electron chi connectivity index (χ4n) is 3.32. The minimum absolute atomic E-state index is 0.663. The van der Waals surface area contributed by atoms with Gasteiger partial charge in [0, 0.05) is 24.2 Å². The average molecular weight is 265 g/mol. The van der Waals surface area contributed by atoms with E-state index in [0.29, 0.717) is 6.04 Å². The molecule has 0 aromatic carbocycles. The molecule has 3 heteroatoms. The third-order valence-electron chi connectivity index (χ3n) is 4.26. The molecule has 1 aromatic rings. The van der Waals surface area contributed by atoms with Gasteiger partial charge in [0.1, 0.15) is 5.82 Å². The van der Waals surface area contributed by atoms with Crippen LogP contribution in [-0.2, 0) is 12.8 Å². The SMILES string of the molecule is ClCCCC1CCCN1c1ccc2c(n1)CCC2.